The summed E-state index contributed by atoms with van der Waals surface area (Å²) in [6.07, 6.45) is -1.39. The second-order valence-electron chi connectivity index (χ2n) is 7.36. The number of alkyl halides is 3. The van der Waals surface area contributed by atoms with E-state index in [9.17, 15) is 37.7 Å². The molecular weight excluding hydrogens is 503 g/mol. The molecule has 2 aromatic carbocycles. The topological polar surface area (TPSA) is 139 Å². The van der Waals surface area contributed by atoms with Crippen LogP contribution in [0.3, 0.4) is 0 Å². The lowest BCUT2D eigenvalue weighted by molar-refractivity contribution is -0.385. The number of rotatable bonds is 7. The van der Waals surface area contributed by atoms with Gasteiger partial charge in [-0.2, -0.15) is 18.3 Å². The second-order valence-corrected chi connectivity index (χ2v) is 8.38. The lowest BCUT2D eigenvalue weighted by atomic mass is 10.1. The van der Waals surface area contributed by atoms with Gasteiger partial charge in [0, 0.05) is 17.2 Å². The molecule has 1 amide bonds. The lowest BCUT2D eigenvalue weighted by Gasteiger charge is -2.07. The highest BCUT2D eigenvalue weighted by Crippen LogP contribution is 2.31. The SMILES string of the molecule is C/C(=N\NC(=O)c1ccc(C(=O)O)c([N+](=O)[O-])c1)C1=CSC(/C=C/c2ccc(C(F)(F)F)cc2)C1=O. The smallest absolute Gasteiger partial charge is 0.416 e. The molecule has 0 saturated carbocycles. The number of hydrogen-bond donors (Lipinski definition) is 2. The molecule has 186 valence electrons. The van der Waals surface area contributed by atoms with E-state index in [0.717, 1.165) is 42.1 Å². The molecule has 0 aromatic heterocycles. The number of carboxylic acids is 1. The maximum Gasteiger partial charge on any atom is 0.416 e. The molecule has 9 nitrogen and oxygen atoms in total. The standard InChI is InChI=1S/C23H16F3N3O6S/c1-12(27-28-21(31)14-5-8-16(22(32)33)18(10-14)29(34)35)17-11-36-19(20(17)30)9-4-13-2-6-15(7-3-13)23(24,25)26/h2-11,19H,1H3,(H,28,31)(H,32,33)/b9-4+,27-12+. The third-order valence-electron chi connectivity index (χ3n) is 4.96. The molecule has 1 unspecified atom stereocenters. The zero-order chi connectivity index (χ0) is 26.6. The molecular formula is C23H16F3N3O6S. The number of allylic oxidation sites excluding steroid dienone is 1. The minimum absolute atomic E-state index is 0.155. The van der Waals surface area contributed by atoms with Gasteiger partial charge in [0.2, 0.25) is 0 Å². The number of nitro groups is 1. The van der Waals surface area contributed by atoms with Gasteiger partial charge in [-0.05, 0) is 42.2 Å². The maximum atomic E-state index is 12.7. The summed E-state index contributed by atoms with van der Waals surface area (Å²) in [4.78, 5) is 46.3. The molecule has 36 heavy (non-hydrogen) atoms. The van der Waals surface area contributed by atoms with Crippen molar-refractivity contribution >= 4 is 46.9 Å². The van der Waals surface area contributed by atoms with E-state index >= 15 is 0 Å². The van der Waals surface area contributed by atoms with Crippen molar-refractivity contribution in [3.05, 3.63) is 91.9 Å². The van der Waals surface area contributed by atoms with E-state index in [-0.39, 0.29) is 22.6 Å². The van der Waals surface area contributed by atoms with Gasteiger partial charge >= 0.3 is 12.1 Å². The normalized spacial score (nSPS) is 16.2. The van der Waals surface area contributed by atoms with Crippen molar-refractivity contribution in [1.29, 1.82) is 0 Å². The molecule has 2 aromatic rings. The number of thioether (sulfide) groups is 1. The lowest BCUT2D eigenvalue weighted by Crippen LogP contribution is -2.22. The van der Waals surface area contributed by atoms with Gasteiger partial charge in [0.15, 0.2) is 5.78 Å². The van der Waals surface area contributed by atoms with Gasteiger partial charge in [-0.3, -0.25) is 19.7 Å². The van der Waals surface area contributed by atoms with Crippen molar-refractivity contribution in [2.45, 2.75) is 18.3 Å². The van der Waals surface area contributed by atoms with Crippen molar-refractivity contribution < 1.29 is 37.6 Å². The summed E-state index contributed by atoms with van der Waals surface area (Å²) in [5.41, 5.74) is 0.677. The van der Waals surface area contributed by atoms with Crippen LogP contribution in [0.5, 0.6) is 0 Å². The third kappa shape index (κ3) is 6.05. The Morgan fingerprint density at radius 3 is 2.44 bits per heavy atom. The van der Waals surface area contributed by atoms with Crippen LogP contribution in [0.25, 0.3) is 6.08 Å². The van der Waals surface area contributed by atoms with Gasteiger partial charge in [-0.1, -0.05) is 24.3 Å². The molecule has 0 spiro atoms. The zero-order valence-corrected chi connectivity index (χ0v) is 19.1. The minimum atomic E-state index is -4.44. The summed E-state index contributed by atoms with van der Waals surface area (Å²) in [5, 5.41) is 24.8. The van der Waals surface area contributed by atoms with Crippen LogP contribution >= 0.6 is 11.8 Å². The molecule has 1 aliphatic rings. The largest absolute Gasteiger partial charge is 0.477 e. The Labute approximate surface area is 205 Å². The number of halogens is 3. The fourth-order valence-corrected chi connectivity index (χ4v) is 4.05. The monoisotopic (exact) mass is 519 g/mol. The van der Waals surface area contributed by atoms with Crippen molar-refractivity contribution in [3.8, 4) is 0 Å². The predicted molar refractivity (Wildman–Crippen MR) is 126 cm³/mol. The van der Waals surface area contributed by atoms with E-state index in [4.69, 9.17) is 5.11 Å². The number of carboxylic acid groups (broad SMARTS) is 1. The van der Waals surface area contributed by atoms with E-state index in [1.165, 1.54) is 36.6 Å². The highest BCUT2D eigenvalue weighted by Gasteiger charge is 2.30. The summed E-state index contributed by atoms with van der Waals surface area (Å²) in [6.45, 7) is 1.46. The average Bonchev–Trinajstić information content (AvgIpc) is 3.20. The van der Waals surface area contributed by atoms with Crippen LogP contribution in [0.15, 0.2) is 64.6 Å². The number of ketones is 1. The predicted octanol–water partition coefficient (Wildman–Crippen LogP) is 4.70. The van der Waals surface area contributed by atoms with Crippen molar-refractivity contribution in [3.63, 3.8) is 0 Å². The summed E-state index contributed by atoms with van der Waals surface area (Å²) < 4.78 is 38.0. The summed E-state index contributed by atoms with van der Waals surface area (Å²) in [5.74, 6) is -2.71. The molecule has 0 fully saturated rings. The van der Waals surface area contributed by atoms with E-state index in [0.29, 0.717) is 5.56 Å². The first-order chi connectivity index (χ1) is 16.9. The first kappa shape index (κ1) is 26.3. The number of benzene rings is 2. The Bertz CT molecular complexity index is 1330. The molecule has 0 saturated heterocycles. The van der Waals surface area contributed by atoms with Crippen LogP contribution < -0.4 is 5.43 Å². The number of hydrogen-bond acceptors (Lipinski definition) is 7. The summed E-state index contributed by atoms with van der Waals surface area (Å²) in [6, 6.07) is 7.28. The van der Waals surface area contributed by atoms with Crippen LogP contribution in [0, 0.1) is 10.1 Å². The van der Waals surface area contributed by atoms with Crippen LogP contribution in [-0.4, -0.2) is 38.7 Å². The van der Waals surface area contributed by atoms with Gasteiger partial charge in [0.05, 0.1) is 21.4 Å². The molecule has 1 heterocycles. The number of nitrogens with one attached hydrogen (secondary N) is 1. The molecule has 0 radical (unpaired) electrons. The number of nitro benzene ring substituents is 1. The molecule has 0 bridgehead atoms. The van der Waals surface area contributed by atoms with Gasteiger partial charge in [0.1, 0.15) is 5.56 Å². The van der Waals surface area contributed by atoms with Gasteiger partial charge < -0.3 is 5.11 Å². The summed E-state index contributed by atoms with van der Waals surface area (Å²) >= 11 is 1.15. The number of Topliss-reactive ketones (excluding diaryl/α,β-unsaturated/α-hetero) is 1. The van der Waals surface area contributed by atoms with Crippen molar-refractivity contribution in [2.24, 2.45) is 5.10 Å². The van der Waals surface area contributed by atoms with Crippen LogP contribution in [0.2, 0.25) is 0 Å². The van der Waals surface area contributed by atoms with Crippen molar-refractivity contribution in [2.75, 3.05) is 0 Å². The van der Waals surface area contributed by atoms with E-state index in [2.05, 4.69) is 10.5 Å². The van der Waals surface area contributed by atoms with E-state index < -0.39 is 45.0 Å². The zero-order valence-electron chi connectivity index (χ0n) is 18.3. The number of carbonyl (C=O) groups is 3. The van der Waals surface area contributed by atoms with Gasteiger partial charge in [-0.15, -0.1) is 11.8 Å². The van der Waals surface area contributed by atoms with Crippen LogP contribution in [-0.2, 0) is 11.0 Å². The Morgan fingerprint density at radius 2 is 1.86 bits per heavy atom. The first-order valence-corrected chi connectivity index (χ1v) is 10.9. The van der Waals surface area contributed by atoms with Crippen LogP contribution in [0.4, 0.5) is 18.9 Å². The molecule has 13 heteroatoms. The average molecular weight is 519 g/mol. The van der Waals surface area contributed by atoms with E-state index in [1.807, 2.05) is 0 Å². The van der Waals surface area contributed by atoms with Crippen LogP contribution in [0.1, 0.15) is 38.8 Å². The first-order valence-electron chi connectivity index (χ1n) is 10.0. The Kier molecular flexibility index (Phi) is 7.73. The molecule has 0 aliphatic carbocycles. The Balaban J connectivity index is 1.65. The molecule has 1 atom stereocenters. The number of aromatic carboxylic acids is 1. The van der Waals surface area contributed by atoms with Crippen molar-refractivity contribution in [1.82, 2.24) is 5.43 Å². The Hall–Kier alpha value is -4.26. The summed E-state index contributed by atoms with van der Waals surface area (Å²) in [7, 11) is 0. The molecule has 1 aliphatic heterocycles. The quantitative estimate of drug-likeness (QED) is 0.307. The maximum absolute atomic E-state index is 12.7. The molecule has 2 N–H and O–H groups in total. The number of hydrazone groups is 1. The molecule has 3 rings (SSSR count). The number of amides is 1. The third-order valence-corrected chi connectivity index (χ3v) is 6.00. The number of nitrogens with zero attached hydrogens (tertiary/aromatic N) is 2. The second kappa shape index (κ2) is 10.6. The van der Waals surface area contributed by atoms with E-state index in [1.54, 1.807) is 0 Å². The Morgan fingerprint density at radius 1 is 1.19 bits per heavy atom. The van der Waals surface area contributed by atoms with Gasteiger partial charge in [0.25, 0.3) is 11.6 Å². The fourth-order valence-electron chi connectivity index (χ4n) is 3.06. The highest BCUT2D eigenvalue weighted by molar-refractivity contribution is 8.04. The fraction of sp³-hybridized carbons (Fsp3) is 0.130. The van der Waals surface area contributed by atoms with Gasteiger partial charge in [-0.25, -0.2) is 10.2 Å². The highest BCUT2D eigenvalue weighted by atomic mass is 32.2. The minimum Gasteiger partial charge on any atom is -0.477 e. The number of carbonyl (C=O) groups excluding carboxylic acids is 2.